The summed E-state index contributed by atoms with van der Waals surface area (Å²) in [5.41, 5.74) is 13.5. The Bertz CT molecular complexity index is 3920. The lowest BCUT2D eigenvalue weighted by atomic mass is 9.53. The molecule has 4 N–H and O–H groups in total. The molecule has 0 aliphatic heterocycles. The summed E-state index contributed by atoms with van der Waals surface area (Å²) in [6.45, 7) is 23.6. The largest absolute Gasteiger partial charge is 0.494 e. The number of hydrogen-bond donors (Lipinski definition) is 4. The number of halogens is 3. The zero-order valence-electron chi connectivity index (χ0n) is 50.7. The van der Waals surface area contributed by atoms with Crippen molar-refractivity contribution in [1.82, 2.24) is 30.2 Å². The van der Waals surface area contributed by atoms with Crippen LogP contribution in [0, 0.1) is 51.3 Å². The van der Waals surface area contributed by atoms with Gasteiger partial charge in [-0.1, -0.05) is 88.3 Å². The molecule has 460 valence electrons. The van der Waals surface area contributed by atoms with Crippen LogP contribution in [-0.4, -0.2) is 48.0 Å². The van der Waals surface area contributed by atoms with E-state index in [1.807, 2.05) is 144 Å². The number of anilines is 4. The first-order valence-electron chi connectivity index (χ1n) is 29.4. The van der Waals surface area contributed by atoms with E-state index in [1.54, 1.807) is 23.5 Å². The fraction of sp³-hybridized carbons (Fsp3) is 0.329. The Labute approximate surface area is 536 Å². The lowest BCUT2D eigenvalue weighted by Gasteiger charge is -2.57. The van der Waals surface area contributed by atoms with E-state index < -0.39 is 0 Å². The fourth-order valence-electron chi connectivity index (χ4n) is 11.8. The number of nitrogens with zero attached hydrogens (tertiary/aromatic N) is 6. The number of ether oxygens (including phenoxy) is 1. The minimum atomic E-state index is -0.228. The van der Waals surface area contributed by atoms with E-state index in [1.165, 1.54) is 61.8 Å². The molecule has 4 aliphatic carbocycles. The van der Waals surface area contributed by atoms with E-state index in [-0.39, 0.29) is 30.1 Å². The molecule has 0 saturated heterocycles. The van der Waals surface area contributed by atoms with Crippen molar-refractivity contribution in [3.8, 4) is 11.3 Å². The molecule has 0 atom stereocenters. The Hall–Kier alpha value is -7.76. The monoisotopic (exact) mass is 1260 g/mol. The van der Waals surface area contributed by atoms with Gasteiger partial charge in [-0.3, -0.25) is 4.79 Å². The quantitative estimate of drug-likeness (QED) is 0.0682. The Balaban J connectivity index is 0.000000152. The van der Waals surface area contributed by atoms with Crippen LogP contribution < -0.4 is 26.1 Å². The molecule has 0 spiro atoms. The van der Waals surface area contributed by atoms with Crippen LogP contribution in [0.25, 0.3) is 28.3 Å². The number of amides is 1. The molecule has 0 radical (unpaired) electrons. The standard InChI is InChI=1S/C21H25NO2.C19H18ClFN2S.C17H21ClN2S.C12H11N5O.CH4/c1-6-24-15(2)16-9-13-19(14-10-16)22-20(23)17-7-11-18(12-8-17)21(3,4)5;1-4-23-18(14-5-7-15(21)8-6-14)11-24-19(23)22-17-10-12(2)16(20)9-13(17)3;18-14-2-1-3-15(7-14)19-16(21)20-17-8-11-4-12(9-17)6-13(5-11)10-17;1-7-4-3-5-9(6-7)14-10-8(2)13-11-12(15-10)17-18-16-11;/h7-14H,2,6H2,1,3-5H3,(H,22,23);5-11H,4H2,1-3H3;1-3,7,11-13H,4-6,8-10H2,(H2,19,20,21);3-6H,1-2H3,(H,14,15,17);1H4. The fourth-order valence-corrected chi connectivity index (χ4v) is 13.5. The highest BCUT2D eigenvalue weighted by atomic mass is 35.5. The zero-order valence-corrected chi connectivity index (χ0v) is 53.9. The summed E-state index contributed by atoms with van der Waals surface area (Å²) in [7, 11) is 0. The molecule has 13 rings (SSSR count). The maximum Gasteiger partial charge on any atom is 0.255 e. The predicted molar refractivity (Wildman–Crippen MR) is 365 cm³/mol. The van der Waals surface area contributed by atoms with Crippen LogP contribution in [0.1, 0.15) is 124 Å². The van der Waals surface area contributed by atoms with Crippen LogP contribution in [0.15, 0.2) is 155 Å². The van der Waals surface area contributed by atoms with Crippen molar-refractivity contribution >= 4 is 103 Å². The molecule has 18 heteroatoms. The van der Waals surface area contributed by atoms with E-state index in [2.05, 4.69) is 90.4 Å². The molecule has 13 nitrogen and oxygen atoms in total. The third-order valence-electron chi connectivity index (χ3n) is 15.8. The summed E-state index contributed by atoms with van der Waals surface area (Å²) in [4.78, 5) is 26.7. The SMILES string of the molecule is C.C=C(OCC)c1ccc(NC(=O)c2ccc(C(C)(C)C)cc2)cc1.CCn1c(-c2ccc(F)cc2)csc1=Nc1cc(C)c(Cl)cc1C.Cc1cccc(Nc2nc3nonc3nc2C)c1.S=C(Nc1cccc(Cl)c1)NC12CC3CC(CC(C3)C1)C2. The first kappa shape index (κ1) is 66.2. The van der Waals surface area contributed by atoms with Crippen LogP contribution in [0.5, 0.6) is 0 Å². The summed E-state index contributed by atoms with van der Waals surface area (Å²) >= 11 is 19.3. The molecule has 88 heavy (non-hydrogen) atoms. The van der Waals surface area contributed by atoms with Crippen molar-refractivity contribution in [3.63, 3.8) is 0 Å². The highest BCUT2D eigenvalue weighted by molar-refractivity contribution is 7.80. The van der Waals surface area contributed by atoms with Gasteiger partial charge < -0.3 is 30.6 Å². The average molecular weight is 1260 g/mol. The molecular weight excluding hydrogens is 1180 g/mol. The Morgan fingerprint density at radius 1 is 0.784 bits per heavy atom. The van der Waals surface area contributed by atoms with Gasteiger partial charge in [0.2, 0.25) is 11.3 Å². The van der Waals surface area contributed by atoms with Gasteiger partial charge >= 0.3 is 0 Å². The Morgan fingerprint density at radius 2 is 1.41 bits per heavy atom. The van der Waals surface area contributed by atoms with E-state index >= 15 is 0 Å². The van der Waals surface area contributed by atoms with Gasteiger partial charge in [0.1, 0.15) is 11.6 Å². The maximum absolute atomic E-state index is 13.2. The van der Waals surface area contributed by atoms with Crippen LogP contribution in [0.3, 0.4) is 0 Å². The molecule has 0 unspecified atom stereocenters. The number of hydrogen-bond acceptors (Lipinski definition) is 11. The van der Waals surface area contributed by atoms with Gasteiger partial charge in [-0.25, -0.2) is 24.0 Å². The lowest BCUT2D eigenvalue weighted by molar-refractivity contribution is -0.00972. The van der Waals surface area contributed by atoms with Crippen LogP contribution in [-0.2, 0) is 16.7 Å². The summed E-state index contributed by atoms with van der Waals surface area (Å²) in [5, 5.41) is 24.7. The molecule has 6 aromatic carbocycles. The minimum Gasteiger partial charge on any atom is -0.494 e. The number of carbonyl (C=O) groups is 1. The number of benzene rings is 6. The van der Waals surface area contributed by atoms with Gasteiger partial charge in [0.25, 0.3) is 5.91 Å². The van der Waals surface area contributed by atoms with E-state index in [0.717, 1.165) is 101 Å². The number of rotatable bonds is 12. The molecule has 4 aliphatic rings. The molecule has 4 bridgehead atoms. The topological polar surface area (TPSA) is 156 Å². The smallest absolute Gasteiger partial charge is 0.255 e. The number of aromatic nitrogens is 5. The molecule has 9 aromatic rings. The highest BCUT2D eigenvalue weighted by Crippen LogP contribution is 2.55. The van der Waals surface area contributed by atoms with Gasteiger partial charge in [0.15, 0.2) is 15.7 Å². The normalized spacial score (nSPS) is 17.2. The van der Waals surface area contributed by atoms with Crippen LogP contribution >= 0.6 is 46.8 Å². The number of thiocarbonyl (C=S) groups is 1. The Kier molecular flexibility index (Phi) is 22.2. The van der Waals surface area contributed by atoms with Crippen molar-refractivity contribution in [2.45, 2.75) is 126 Å². The van der Waals surface area contributed by atoms with Crippen LogP contribution in [0.4, 0.5) is 33.0 Å². The number of fused-ring (bicyclic) bond motifs is 1. The minimum absolute atomic E-state index is 0. The highest BCUT2D eigenvalue weighted by Gasteiger charge is 2.51. The second-order valence-corrected chi connectivity index (χ2v) is 25.8. The van der Waals surface area contributed by atoms with Gasteiger partial charge in [0.05, 0.1) is 23.7 Å². The lowest BCUT2D eigenvalue weighted by Crippen LogP contribution is -2.60. The third kappa shape index (κ3) is 17.3. The molecule has 3 aromatic heterocycles. The predicted octanol–water partition coefficient (Wildman–Crippen LogP) is 18.7. The number of thiazole rings is 1. The first-order chi connectivity index (χ1) is 41.6. The molecule has 4 fully saturated rings. The number of nitrogens with one attached hydrogen (secondary N) is 4. The van der Waals surface area contributed by atoms with E-state index in [0.29, 0.717) is 35.0 Å². The summed E-state index contributed by atoms with van der Waals surface area (Å²) in [6, 6.07) is 41.5. The van der Waals surface area contributed by atoms with Crippen molar-refractivity contribution in [2.24, 2.45) is 22.7 Å². The third-order valence-corrected chi connectivity index (χ3v) is 17.5. The maximum atomic E-state index is 13.2. The summed E-state index contributed by atoms with van der Waals surface area (Å²) in [5.74, 6) is 3.73. The first-order valence-corrected chi connectivity index (χ1v) is 31.4. The molecule has 3 heterocycles. The zero-order chi connectivity index (χ0) is 62.0. The van der Waals surface area contributed by atoms with Gasteiger partial charge in [0, 0.05) is 55.7 Å². The van der Waals surface area contributed by atoms with Crippen molar-refractivity contribution < 1.29 is 18.6 Å². The molecule has 1 amide bonds. The van der Waals surface area contributed by atoms with Crippen molar-refractivity contribution in [1.29, 1.82) is 0 Å². The van der Waals surface area contributed by atoms with Gasteiger partial charge in [-0.15, -0.1) is 11.3 Å². The molecular formula is C70H79Cl2FN10O3S2. The summed E-state index contributed by atoms with van der Waals surface area (Å²) < 4.78 is 25.3. The Morgan fingerprint density at radius 3 is 2.02 bits per heavy atom. The van der Waals surface area contributed by atoms with Crippen LogP contribution in [0.2, 0.25) is 10.0 Å². The van der Waals surface area contributed by atoms with Gasteiger partial charge in [-0.05, 0) is 257 Å². The second kappa shape index (κ2) is 29.5. The van der Waals surface area contributed by atoms with Crippen molar-refractivity contribution in [2.75, 3.05) is 22.6 Å². The van der Waals surface area contributed by atoms with E-state index in [9.17, 15) is 9.18 Å². The van der Waals surface area contributed by atoms with Gasteiger partial charge in [-0.2, -0.15) is 0 Å². The second-order valence-electron chi connectivity index (χ2n) is 23.7. The summed E-state index contributed by atoms with van der Waals surface area (Å²) in [6.07, 6.45) is 8.27. The average Bonchev–Trinajstić information content (AvgIpc) is 2.34. The number of carbonyl (C=O) groups excluding carboxylic acids is 1. The van der Waals surface area contributed by atoms with Crippen molar-refractivity contribution in [3.05, 3.63) is 205 Å². The van der Waals surface area contributed by atoms with E-state index in [4.69, 9.17) is 45.1 Å². The number of aryl methyl sites for hydroxylation is 4. The molecule has 4 saturated carbocycles.